The van der Waals surface area contributed by atoms with Crippen molar-refractivity contribution in [3.8, 4) is 0 Å². The molecule has 30 heavy (non-hydrogen) atoms. The smallest absolute Gasteiger partial charge is 0.258 e. The summed E-state index contributed by atoms with van der Waals surface area (Å²) < 4.78 is 26.5. The number of anilines is 3. The normalized spacial score (nSPS) is 14.6. The van der Waals surface area contributed by atoms with Crippen LogP contribution in [0.1, 0.15) is 18.1 Å². The maximum Gasteiger partial charge on any atom is 0.258 e. The molecule has 3 aromatic rings. The van der Waals surface area contributed by atoms with Gasteiger partial charge in [-0.25, -0.2) is 8.42 Å². The molecule has 0 atom stereocenters. The molecule has 0 saturated carbocycles. The van der Waals surface area contributed by atoms with E-state index in [1.165, 1.54) is 0 Å². The molecule has 3 N–H and O–H groups in total. The highest BCUT2D eigenvalue weighted by atomic mass is 32.2. The van der Waals surface area contributed by atoms with Crippen molar-refractivity contribution in [2.45, 2.75) is 6.92 Å². The minimum atomic E-state index is -3.43. The van der Waals surface area contributed by atoms with Gasteiger partial charge in [0.1, 0.15) is 0 Å². The molecular formula is C23H21N3O3S. The van der Waals surface area contributed by atoms with E-state index in [4.69, 9.17) is 0 Å². The van der Waals surface area contributed by atoms with Crippen LogP contribution in [0.15, 0.2) is 78.9 Å². The molecule has 1 aliphatic rings. The lowest BCUT2D eigenvalue weighted by Gasteiger charge is -2.15. The summed E-state index contributed by atoms with van der Waals surface area (Å²) >= 11 is 0. The monoisotopic (exact) mass is 419 g/mol. The van der Waals surface area contributed by atoms with Crippen molar-refractivity contribution < 1.29 is 13.2 Å². The summed E-state index contributed by atoms with van der Waals surface area (Å²) in [5, 5.41) is 6.24. The van der Waals surface area contributed by atoms with Crippen LogP contribution in [-0.4, -0.2) is 20.1 Å². The van der Waals surface area contributed by atoms with Crippen molar-refractivity contribution in [3.63, 3.8) is 0 Å². The standard InChI is InChI=1S/C23H21N3O3S/c1-2-30(28,29)26-18-13-14-20-19(15-18)21(23(27)25-20)22(16-9-5-3-6-10-16)24-17-11-7-4-8-12-17/h3-15,24,26H,2H2,1H3,(H,25,27)/b22-21-. The zero-order chi connectivity index (χ0) is 21.1. The van der Waals surface area contributed by atoms with Gasteiger partial charge in [0.05, 0.1) is 17.0 Å². The number of sulfonamides is 1. The lowest BCUT2D eigenvalue weighted by atomic mass is 9.99. The Morgan fingerprint density at radius 1 is 0.900 bits per heavy atom. The summed E-state index contributed by atoms with van der Waals surface area (Å²) in [5.74, 6) is -0.280. The van der Waals surface area contributed by atoms with Crippen LogP contribution in [0.5, 0.6) is 0 Å². The lowest BCUT2D eigenvalue weighted by molar-refractivity contribution is -0.110. The number of fused-ring (bicyclic) bond motifs is 1. The van der Waals surface area contributed by atoms with E-state index in [1.807, 2.05) is 60.7 Å². The van der Waals surface area contributed by atoms with E-state index < -0.39 is 10.0 Å². The molecule has 0 spiro atoms. The molecular weight excluding hydrogens is 398 g/mol. The van der Waals surface area contributed by atoms with Crippen molar-refractivity contribution in [2.75, 3.05) is 21.1 Å². The zero-order valence-corrected chi connectivity index (χ0v) is 17.2. The van der Waals surface area contributed by atoms with E-state index in [9.17, 15) is 13.2 Å². The summed E-state index contributed by atoms with van der Waals surface area (Å²) in [7, 11) is -3.43. The summed E-state index contributed by atoms with van der Waals surface area (Å²) in [6.07, 6.45) is 0. The summed E-state index contributed by atoms with van der Waals surface area (Å²) in [6, 6.07) is 24.2. The minimum Gasteiger partial charge on any atom is -0.354 e. The van der Waals surface area contributed by atoms with Gasteiger partial charge in [-0.3, -0.25) is 9.52 Å². The molecule has 1 aliphatic heterocycles. The van der Waals surface area contributed by atoms with Gasteiger partial charge in [0.25, 0.3) is 5.91 Å². The van der Waals surface area contributed by atoms with Crippen molar-refractivity contribution in [1.29, 1.82) is 0 Å². The zero-order valence-electron chi connectivity index (χ0n) is 16.3. The number of amides is 1. The summed E-state index contributed by atoms with van der Waals surface area (Å²) in [6.45, 7) is 1.57. The number of carbonyl (C=O) groups is 1. The number of carbonyl (C=O) groups excluding carboxylic acids is 1. The molecule has 0 aliphatic carbocycles. The van der Waals surface area contributed by atoms with E-state index in [1.54, 1.807) is 25.1 Å². The third-order valence-electron chi connectivity index (χ3n) is 4.77. The van der Waals surface area contributed by atoms with Crippen LogP contribution in [0.3, 0.4) is 0 Å². The van der Waals surface area contributed by atoms with Crippen LogP contribution in [0, 0.1) is 0 Å². The Morgan fingerprint density at radius 3 is 2.23 bits per heavy atom. The second-order valence-electron chi connectivity index (χ2n) is 6.83. The van der Waals surface area contributed by atoms with Gasteiger partial charge in [-0.2, -0.15) is 0 Å². The van der Waals surface area contributed by atoms with Crippen molar-refractivity contribution in [2.24, 2.45) is 0 Å². The predicted molar refractivity (Wildman–Crippen MR) is 121 cm³/mol. The molecule has 152 valence electrons. The first-order valence-corrected chi connectivity index (χ1v) is 11.2. The molecule has 0 aromatic heterocycles. The van der Waals surface area contributed by atoms with E-state index in [0.717, 1.165) is 11.3 Å². The number of hydrogen-bond acceptors (Lipinski definition) is 4. The van der Waals surface area contributed by atoms with Crippen molar-refractivity contribution in [1.82, 2.24) is 0 Å². The first-order valence-electron chi connectivity index (χ1n) is 9.55. The maximum atomic E-state index is 12.9. The van der Waals surface area contributed by atoms with E-state index in [2.05, 4.69) is 15.4 Å². The molecule has 3 aromatic carbocycles. The molecule has 6 nitrogen and oxygen atoms in total. The molecule has 1 amide bonds. The fraction of sp³-hybridized carbons (Fsp3) is 0.0870. The Hall–Kier alpha value is -3.58. The second kappa shape index (κ2) is 8.04. The van der Waals surface area contributed by atoms with Gasteiger partial charge in [-0.1, -0.05) is 48.5 Å². The predicted octanol–water partition coefficient (Wildman–Crippen LogP) is 4.38. The van der Waals surface area contributed by atoms with Crippen LogP contribution in [0.2, 0.25) is 0 Å². The highest BCUT2D eigenvalue weighted by Crippen LogP contribution is 2.39. The van der Waals surface area contributed by atoms with Crippen molar-refractivity contribution >= 4 is 44.3 Å². The number of para-hydroxylation sites is 1. The first-order chi connectivity index (χ1) is 14.5. The Bertz CT molecular complexity index is 1220. The first kappa shape index (κ1) is 19.7. The van der Waals surface area contributed by atoms with Gasteiger partial charge >= 0.3 is 0 Å². The van der Waals surface area contributed by atoms with Crippen LogP contribution >= 0.6 is 0 Å². The van der Waals surface area contributed by atoms with Crippen LogP contribution < -0.4 is 15.4 Å². The topological polar surface area (TPSA) is 87.3 Å². The Balaban J connectivity index is 1.87. The highest BCUT2D eigenvalue weighted by Gasteiger charge is 2.29. The minimum absolute atomic E-state index is 0.0329. The molecule has 0 radical (unpaired) electrons. The molecule has 0 fully saturated rings. The van der Waals surface area contributed by atoms with E-state index in [0.29, 0.717) is 28.2 Å². The van der Waals surface area contributed by atoms with E-state index >= 15 is 0 Å². The number of benzene rings is 3. The Kier molecular flexibility index (Phi) is 5.29. The van der Waals surface area contributed by atoms with Gasteiger partial charge in [-0.05, 0) is 42.8 Å². The lowest BCUT2D eigenvalue weighted by Crippen LogP contribution is -2.14. The number of nitrogens with one attached hydrogen (secondary N) is 3. The van der Waals surface area contributed by atoms with Gasteiger partial charge in [-0.15, -0.1) is 0 Å². The molecule has 0 bridgehead atoms. The summed E-state index contributed by atoms with van der Waals surface area (Å²) in [5.41, 5.74) is 4.48. The fourth-order valence-electron chi connectivity index (χ4n) is 3.28. The Labute approximate surface area is 175 Å². The van der Waals surface area contributed by atoms with Crippen LogP contribution in [-0.2, 0) is 14.8 Å². The third-order valence-corrected chi connectivity index (χ3v) is 6.08. The fourth-order valence-corrected chi connectivity index (χ4v) is 3.91. The maximum absolute atomic E-state index is 12.9. The molecule has 0 saturated heterocycles. The SMILES string of the molecule is CCS(=O)(=O)Nc1ccc2c(c1)/C(=C(/Nc1ccccc1)c1ccccc1)C(=O)N2. The van der Waals surface area contributed by atoms with Crippen LogP contribution in [0.25, 0.3) is 11.3 Å². The highest BCUT2D eigenvalue weighted by molar-refractivity contribution is 7.92. The van der Waals surface area contributed by atoms with E-state index in [-0.39, 0.29) is 11.7 Å². The third kappa shape index (κ3) is 4.06. The van der Waals surface area contributed by atoms with Gasteiger partial charge in [0, 0.05) is 22.6 Å². The van der Waals surface area contributed by atoms with Gasteiger partial charge < -0.3 is 10.6 Å². The molecule has 1 heterocycles. The molecule has 4 rings (SSSR count). The van der Waals surface area contributed by atoms with Crippen LogP contribution in [0.4, 0.5) is 17.1 Å². The largest absolute Gasteiger partial charge is 0.354 e. The van der Waals surface area contributed by atoms with Gasteiger partial charge in [0.15, 0.2) is 0 Å². The molecule has 7 heteroatoms. The van der Waals surface area contributed by atoms with Gasteiger partial charge in [0.2, 0.25) is 10.0 Å². The molecule has 0 unspecified atom stereocenters. The number of hydrogen-bond donors (Lipinski definition) is 3. The summed E-state index contributed by atoms with van der Waals surface area (Å²) in [4.78, 5) is 12.9. The average molecular weight is 420 g/mol. The number of rotatable bonds is 6. The van der Waals surface area contributed by atoms with Crippen molar-refractivity contribution in [3.05, 3.63) is 90.0 Å². The average Bonchev–Trinajstić information content (AvgIpc) is 3.08. The second-order valence-corrected chi connectivity index (χ2v) is 8.84. The quantitative estimate of drug-likeness (QED) is 0.518. The Morgan fingerprint density at radius 2 is 1.57 bits per heavy atom.